The van der Waals surface area contributed by atoms with Crippen molar-refractivity contribution in [3.05, 3.63) is 42.2 Å². The van der Waals surface area contributed by atoms with Crippen LogP contribution >= 0.6 is 0 Å². The lowest BCUT2D eigenvalue weighted by Gasteiger charge is -2.27. The summed E-state index contributed by atoms with van der Waals surface area (Å²) in [6, 6.07) is 4.43. The highest BCUT2D eigenvalue weighted by molar-refractivity contribution is 5.93. The molecule has 2 fully saturated rings. The average Bonchev–Trinajstić information content (AvgIpc) is 3.35. The molecule has 0 aromatic carbocycles. The minimum atomic E-state index is 0.0287. The molecule has 4 heterocycles. The fourth-order valence-electron chi connectivity index (χ4n) is 4.40. The van der Waals surface area contributed by atoms with Gasteiger partial charge in [-0.1, -0.05) is 0 Å². The lowest BCUT2D eigenvalue weighted by atomic mass is 10.00. The Hall–Kier alpha value is -2.12. The Balaban J connectivity index is 1.51. The second-order valence-electron chi connectivity index (χ2n) is 7.62. The fourth-order valence-corrected chi connectivity index (χ4v) is 4.40. The minimum absolute atomic E-state index is 0.0287. The first-order chi connectivity index (χ1) is 12.6. The molecule has 0 spiro atoms. The number of hydrogen-bond donors (Lipinski definition) is 2. The number of nitrogens with zero attached hydrogens (tertiary/aromatic N) is 4. The third kappa shape index (κ3) is 3.29. The second-order valence-corrected chi connectivity index (χ2v) is 7.62. The van der Waals surface area contributed by atoms with Crippen LogP contribution in [0.3, 0.4) is 0 Å². The Morgan fingerprint density at radius 3 is 2.81 bits per heavy atom. The summed E-state index contributed by atoms with van der Waals surface area (Å²) in [5.74, 6) is 0.291. The van der Waals surface area contributed by atoms with Gasteiger partial charge in [0.15, 0.2) is 0 Å². The molecule has 0 unspecified atom stereocenters. The van der Waals surface area contributed by atoms with Gasteiger partial charge in [-0.25, -0.2) is 4.98 Å². The van der Waals surface area contributed by atoms with Gasteiger partial charge in [-0.15, -0.1) is 0 Å². The summed E-state index contributed by atoms with van der Waals surface area (Å²) in [6.45, 7) is 3.81. The number of rotatable bonds is 4. The van der Waals surface area contributed by atoms with Gasteiger partial charge in [0, 0.05) is 50.2 Å². The SMILES string of the molecule is CN1C[C@@H](NC(=O)c2cccn2C2CCNCC2)[C@H](c2cncn2C)C1. The Bertz CT molecular complexity index is 760. The van der Waals surface area contributed by atoms with E-state index in [1.54, 1.807) is 0 Å². The molecule has 0 saturated carbocycles. The van der Waals surface area contributed by atoms with E-state index in [4.69, 9.17) is 0 Å². The van der Waals surface area contributed by atoms with Crippen LogP contribution in [0.4, 0.5) is 0 Å². The molecule has 2 N–H and O–H groups in total. The highest BCUT2D eigenvalue weighted by Crippen LogP contribution is 2.27. The number of amides is 1. The van der Waals surface area contributed by atoms with E-state index in [9.17, 15) is 4.79 Å². The van der Waals surface area contributed by atoms with Crippen molar-refractivity contribution in [2.75, 3.05) is 33.2 Å². The van der Waals surface area contributed by atoms with Gasteiger partial charge in [-0.3, -0.25) is 4.79 Å². The Labute approximate surface area is 154 Å². The summed E-state index contributed by atoms with van der Waals surface area (Å²) < 4.78 is 4.22. The van der Waals surface area contributed by atoms with Crippen molar-refractivity contribution >= 4 is 5.91 Å². The summed E-state index contributed by atoms with van der Waals surface area (Å²) in [4.78, 5) is 19.6. The number of carbonyl (C=O) groups is 1. The van der Waals surface area contributed by atoms with Crippen LogP contribution in [0.1, 0.15) is 41.0 Å². The van der Waals surface area contributed by atoms with Crippen molar-refractivity contribution in [2.24, 2.45) is 7.05 Å². The molecule has 2 aliphatic rings. The summed E-state index contributed by atoms with van der Waals surface area (Å²) in [5.41, 5.74) is 1.95. The molecule has 0 aliphatic carbocycles. The molecular formula is C19H28N6O. The molecule has 2 saturated heterocycles. The van der Waals surface area contributed by atoms with E-state index in [1.807, 2.05) is 37.9 Å². The Kier molecular flexibility index (Phi) is 4.82. The number of carbonyl (C=O) groups excluding carboxylic acids is 1. The molecule has 2 atom stereocenters. The van der Waals surface area contributed by atoms with Gasteiger partial charge < -0.3 is 24.7 Å². The number of hydrogen-bond acceptors (Lipinski definition) is 4. The molecule has 26 heavy (non-hydrogen) atoms. The summed E-state index contributed by atoms with van der Waals surface area (Å²) in [6.07, 6.45) is 7.93. The van der Waals surface area contributed by atoms with E-state index in [2.05, 4.69) is 36.7 Å². The molecule has 7 heteroatoms. The molecule has 2 aliphatic heterocycles. The molecule has 140 valence electrons. The zero-order valence-electron chi connectivity index (χ0n) is 15.6. The van der Waals surface area contributed by atoms with Crippen molar-refractivity contribution in [2.45, 2.75) is 30.8 Å². The maximum Gasteiger partial charge on any atom is 0.268 e. The predicted molar refractivity (Wildman–Crippen MR) is 100 cm³/mol. The van der Waals surface area contributed by atoms with E-state index < -0.39 is 0 Å². The number of imidazole rings is 1. The standard InChI is InChI=1S/C19H28N6O/c1-23-11-15(18-10-21-13-24(18)2)16(12-23)22-19(26)17-4-3-9-25(17)14-5-7-20-8-6-14/h3-4,9-10,13-16,20H,5-8,11-12H2,1-2H3,(H,22,26)/t15-,16-/m1/s1. The van der Waals surface area contributed by atoms with Crippen LogP contribution in [0.15, 0.2) is 30.9 Å². The summed E-state index contributed by atoms with van der Waals surface area (Å²) in [7, 11) is 4.12. The molecule has 2 aromatic rings. The average molecular weight is 356 g/mol. The topological polar surface area (TPSA) is 67.1 Å². The minimum Gasteiger partial charge on any atom is -0.346 e. The molecule has 4 rings (SSSR count). The van der Waals surface area contributed by atoms with Crippen molar-refractivity contribution in [3.63, 3.8) is 0 Å². The van der Waals surface area contributed by atoms with Gasteiger partial charge in [-0.2, -0.15) is 0 Å². The number of nitrogens with one attached hydrogen (secondary N) is 2. The third-order valence-electron chi connectivity index (χ3n) is 5.77. The fraction of sp³-hybridized carbons (Fsp3) is 0.579. The molecular weight excluding hydrogens is 328 g/mol. The van der Waals surface area contributed by atoms with Gasteiger partial charge in [0.2, 0.25) is 0 Å². The quantitative estimate of drug-likeness (QED) is 0.857. The maximum absolute atomic E-state index is 13.0. The highest BCUT2D eigenvalue weighted by Gasteiger charge is 2.35. The van der Waals surface area contributed by atoms with Crippen LogP contribution in [0.25, 0.3) is 0 Å². The molecule has 2 aromatic heterocycles. The zero-order valence-corrected chi connectivity index (χ0v) is 15.6. The van der Waals surface area contributed by atoms with Crippen LogP contribution in [0, 0.1) is 0 Å². The summed E-state index contributed by atoms with van der Waals surface area (Å²) in [5, 5.41) is 6.69. The van der Waals surface area contributed by atoms with Gasteiger partial charge in [0.05, 0.1) is 12.4 Å². The van der Waals surface area contributed by atoms with E-state index >= 15 is 0 Å². The van der Waals surface area contributed by atoms with Crippen LogP contribution in [-0.2, 0) is 7.05 Å². The molecule has 1 amide bonds. The smallest absolute Gasteiger partial charge is 0.268 e. The van der Waals surface area contributed by atoms with Crippen molar-refractivity contribution in [3.8, 4) is 0 Å². The number of piperidine rings is 1. The molecule has 7 nitrogen and oxygen atoms in total. The number of aryl methyl sites for hydroxylation is 1. The van der Waals surface area contributed by atoms with Crippen LogP contribution in [0.5, 0.6) is 0 Å². The largest absolute Gasteiger partial charge is 0.346 e. The highest BCUT2D eigenvalue weighted by atomic mass is 16.2. The monoisotopic (exact) mass is 356 g/mol. The van der Waals surface area contributed by atoms with Gasteiger partial charge in [-0.05, 0) is 45.1 Å². The van der Waals surface area contributed by atoms with E-state index in [-0.39, 0.29) is 17.9 Å². The Morgan fingerprint density at radius 2 is 2.08 bits per heavy atom. The van der Waals surface area contributed by atoms with Gasteiger partial charge in [0.25, 0.3) is 5.91 Å². The first kappa shape index (κ1) is 17.3. The zero-order chi connectivity index (χ0) is 18.1. The number of likely N-dealkylation sites (N-methyl/N-ethyl adjacent to an activating group) is 1. The van der Waals surface area contributed by atoms with E-state index in [0.717, 1.165) is 44.7 Å². The van der Waals surface area contributed by atoms with Crippen molar-refractivity contribution < 1.29 is 4.79 Å². The molecule has 0 bridgehead atoms. The molecule has 0 radical (unpaired) electrons. The lowest BCUT2D eigenvalue weighted by Crippen LogP contribution is -2.41. The Morgan fingerprint density at radius 1 is 1.27 bits per heavy atom. The van der Waals surface area contributed by atoms with Crippen LogP contribution in [0.2, 0.25) is 0 Å². The number of likely N-dealkylation sites (tertiary alicyclic amines) is 1. The summed E-state index contributed by atoms with van der Waals surface area (Å²) >= 11 is 0. The van der Waals surface area contributed by atoms with Gasteiger partial charge >= 0.3 is 0 Å². The van der Waals surface area contributed by atoms with E-state index in [0.29, 0.717) is 6.04 Å². The second kappa shape index (κ2) is 7.25. The van der Waals surface area contributed by atoms with Crippen molar-refractivity contribution in [1.82, 2.24) is 29.7 Å². The number of aromatic nitrogens is 3. The first-order valence-corrected chi connectivity index (χ1v) is 9.46. The van der Waals surface area contributed by atoms with Crippen molar-refractivity contribution in [1.29, 1.82) is 0 Å². The maximum atomic E-state index is 13.0. The third-order valence-corrected chi connectivity index (χ3v) is 5.77. The van der Waals surface area contributed by atoms with Crippen LogP contribution < -0.4 is 10.6 Å². The first-order valence-electron chi connectivity index (χ1n) is 9.46. The van der Waals surface area contributed by atoms with Gasteiger partial charge in [0.1, 0.15) is 5.69 Å². The lowest BCUT2D eigenvalue weighted by molar-refractivity contribution is 0.0922. The van der Waals surface area contributed by atoms with Crippen LogP contribution in [-0.4, -0.2) is 64.2 Å². The predicted octanol–water partition coefficient (Wildman–Crippen LogP) is 0.974. The normalized spacial score (nSPS) is 24.8. The van der Waals surface area contributed by atoms with E-state index in [1.165, 1.54) is 5.69 Å².